The van der Waals surface area contributed by atoms with Crippen molar-refractivity contribution in [1.29, 1.82) is 0 Å². The Morgan fingerprint density at radius 1 is 0.783 bits per heavy atom. The summed E-state index contributed by atoms with van der Waals surface area (Å²) in [7, 11) is 0. The van der Waals surface area contributed by atoms with Crippen LogP contribution in [-0.4, -0.2) is 6.72 Å². The largest absolute Gasteiger partial charge is 1.00 e. The Morgan fingerprint density at radius 3 is 1.78 bits per heavy atom. The quantitative estimate of drug-likeness (QED) is 0.447. The SMILES string of the molecule is C=[NH2+].CCCCCCCCCCCCc1cccc(C)c1C.[Br-]. The minimum atomic E-state index is 0. The van der Waals surface area contributed by atoms with Gasteiger partial charge in [0.2, 0.25) is 0 Å². The second-order valence-electron chi connectivity index (χ2n) is 6.29. The van der Waals surface area contributed by atoms with Gasteiger partial charge in [-0.25, -0.2) is 0 Å². The Hall–Kier alpha value is -0.630. The fourth-order valence-corrected chi connectivity index (χ4v) is 2.89. The number of nitrogens with two attached hydrogens (primary N) is 1. The van der Waals surface area contributed by atoms with Gasteiger partial charge in [0.1, 0.15) is 6.72 Å². The van der Waals surface area contributed by atoms with E-state index in [1.807, 2.05) is 0 Å². The normalized spacial score (nSPS) is 9.70. The average molecular weight is 384 g/mol. The number of hydrogen-bond acceptors (Lipinski definition) is 0. The highest BCUT2D eigenvalue weighted by Crippen LogP contribution is 2.16. The Bertz CT molecular complexity index is 376. The maximum Gasteiger partial charge on any atom is 0.123 e. The van der Waals surface area contributed by atoms with Gasteiger partial charge in [0.05, 0.1) is 0 Å². The molecule has 0 amide bonds. The molecule has 0 fully saturated rings. The molecule has 0 radical (unpaired) electrons. The lowest BCUT2D eigenvalue weighted by atomic mass is 9.98. The van der Waals surface area contributed by atoms with Crippen LogP contribution in [0.1, 0.15) is 87.8 Å². The number of rotatable bonds is 11. The Labute approximate surface area is 155 Å². The average Bonchev–Trinajstić information content (AvgIpc) is 2.55. The smallest absolute Gasteiger partial charge is 0.123 e. The van der Waals surface area contributed by atoms with E-state index in [9.17, 15) is 0 Å². The molecule has 1 aromatic rings. The monoisotopic (exact) mass is 383 g/mol. The third-order valence-electron chi connectivity index (χ3n) is 4.52. The fraction of sp³-hybridized carbons (Fsp3) is 0.667. The fourth-order valence-electron chi connectivity index (χ4n) is 2.89. The lowest BCUT2D eigenvalue weighted by molar-refractivity contribution is -0.0980. The number of halogens is 1. The third kappa shape index (κ3) is 12.5. The topological polar surface area (TPSA) is 25.6 Å². The van der Waals surface area contributed by atoms with Crippen LogP contribution in [-0.2, 0) is 6.42 Å². The van der Waals surface area contributed by atoms with Gasteiger partial charge >= 0.3 is 0 Å². The summed E-state index contributed by atoms with van der Waals surface area (Å²) in [6.45, 7) is 9.52. The van der Waals surface area contributed by atoms with Gasteiger partial charge in [-0.2, -0.15) is 0 Å². The molecule has 1 nitrogen and oxygen atoms in total. The lowest BCUT2D eigenvalue weighted by Crippen LogP contribution is -3.00. The first-order chi connectivity index (χ1) is 10.8. The molecule has 23 heavy (non-hydrogen) atoms. The molecule has 0 saturated carbocycles. The van der Waals surface area contributed by atoms with Crippen LogP contribution in [0.5, 0.6) is 0 Å². The summed E-state index contributed by atoms with van der Waals surface area (Å²) >= 11 is 0. The molecule has 0 spiro atoms. The van der Waals surface area contributed by atoms with Gasteiger partial charge in [0.15, 0.2) is 0 Å². The van der Waals surface area contributed by atoms with Gasteiger partial charge in [0.25, 0.3) is 0 Å². The van der Waals surface area contributed by atoms with Crippen molar-refractivity contribution in [3.63, 3.8) is 0 Å². The zero-order valence-corrected chi connectivity index (χ0v) is 17.3. The van der Waals surface area contributed by atoms with Crippen molar-refractivity contribution in [2.75, 3.05) is 0 Å². The predicted octanol–water partition coefficient (Wildman–Crippen LogP) is 2.22. The van der Waals surface area contributed by atoms with E-state index < -0.39 is 0 Å². The van der Waals surface area contributed by atoms with Gasteiger partial charge in [-0.05, 0) is 43.4 Å². The molecule has 134 valence electrons. The summed E-state index contributed by atoms with van der Waals surface area (Å²) in [5.41, 5.74) is 4.50. The van der Waals surface area contributed by atoms with Crippen LogP contribution in [0.3, 0.4) is 0 Å². The molecule has 1 aromatic carbocycles. The predicted molar refractivity (Wildman–Crippen MR) is 101 cm³/mol. The van der Waals surface area contributed by atoms with E-state index in [2.05, 4.69) is 51.1 Å². The van der Waals surface area contributed by atoms with E-state index in [4.69, 9.17) is 0 Å². The van der Waals surface area contributed by atoms with Gasteiger partial charge in [0, 0.05) is 0 Å². The minimum absolute atomic E-state index is 0. The zero-order valence-electron chi connectivity index (χ0n) is 15.7. The maximum atomic E-state index is 4.25. The summed E-state index contributed by atoms with van der Waals surface area (Å²) in [5.74, 6) is 0. The molecular weight excluding hydrogens is 346 g/mol. The van der Waals surface area contributed by atoms with E-state index in [1.165, 1.54) is 81.8 Å². The van der Waals surface area contributed by atoms with Crippen molar-refractivity contribution in [3.8, 4) is 0 Å². The molecule has 0 unspecified atom stereocenters. The molecule has 2 N–H and O–H groups in total. The number of aryl methyl sites for hydroxylation is 2. The Kier molecular flexibility index (Phi) is 19.0. The van der Waals surface area contributed by atoms with Crippen molar-refractivity contribution < 1.29 is 22.4 Å². The Balaban J connectivity index is 0. The number of hydrogen-bond donors (Lipinski definition) is 1. The van der Waals surface area contributed by atoms with Gasteiger partial charge in [-0.15, -0.1) is 0 Å². The van der Waals surface area contributed by atoms with Crippen molar-refractivity contribution >= 4 is 6.72 Å². The van der Waals surface area contributed by atoms with Crippen molar-refractivity contribution in [3.05, 3.63) is 34.9 Å². The van der Waals surface area contributed by atoms with E-state index in [0.29, 0.717) is 0 Å². The molecule has 0 atom stereocenters. The van der Waals surface area contributed by atoms with E-state index >= 15 is 0 Å². The molecule has 1 rings (SSSR count). The molecule has 2 heteroatoms. The maximum absolute atomic E-state index is 4.25. The second kappa shape index (κ2) is 17.7. The highest BCUT2D eigenvalue weighted by Gasteiger charge is 2.00. The number of unbranched alkanes of at least 4 members (excludes halogenated alkanes) is 9. The Morgan fingerprint density at radius 2 is 1.26 bits per heavy atom. The van der Waals surface area contributed by atoms with Crippen LogP contribution in [0, 0.1) is 13.8 Å². The first-order valence-corrected chi connectivity index (χ1v) is 9.21. The van der Waals surface area contributed by atoms with E-state index in [0.717, 1.165) is 0 Å². The molecule has 0 heterocycles. The lowest BCUT2D eigenvalue weighted by Gasteiger charge is -2.08. The first-order valence-electron chi connectivity index (χ1n) is 9.21. The summed E-state index contributed by atoms with van der Waals surface area (Å²) in [6, 6.07) is 6.72. The molecule has 0 saturated heterocycles. The highest BCUT2D eigenvalue weighted by molar-refractivity contribution is 5.33. The van der Waals surface area contributed by atoms with Crippen LogP contribution in [0.25, 0.3) is 0 Å². The molecule has 0 aliphatic heterocycles. The van der Waals surface area contributed by atoms with E-state index in [-0.39, 0.29) is 17.0 Å². The van der Waals surface area contributed by atoms with Crippen LogP contribution in [0.4, 0.5) is 0 Å². The molecule has 0 bridgehead atoms. The van der Waals surface area contributed by atoms with Gasteiger partial charge < -0.3 is 17.0 Å². The molecule has 0 aliphatic rings. The van der Waals surface area contributed by atoms with Crippen LogP contribution < -0.4 is 22.4 Å². The van der Waals surface area contributed by atoms with Crippen LogP contribution in [0.15, 0.2) is 18.2 Å². The molecule has 0 aliphatic carbocycles. The summed E-state index contributed by atoms with van der Waals surface area (Å²) in [6.07, 6.45) is 15.5. The van der Waals surface area contributed by atoms with Crippen molar-refractivity contribution in [2.45, 2.75) is 91.4 Å². The van der Waals surface area contributed by atoms with Gasteiger partial charge in [-0.3, -0.25) is 5.41 Å². The van der Waals surface area contributed by atoms with Crippen LogP contribution in [0.2, 0.25) is 0 Å². The first kappa shape index (κ1) is 24.6. The van der Waals surface area contributed by atoms with E-state index in [1.54, 1.807) is 5.56 Å². The van der Waals surface area contributed by atoms with Crippen LogP contribution >= 0.6 is 0 Å². The number of benzene rings is 1. The molecule has 0 aromatic heterocycles. The minimum Gasteiger partial charge on any atom is -1.00 e. The zero-order chi connectivity index (χ0) is 16.6. The van der Waals surface area contributed by atoms with Crippen molar-refractivity contribution in [1.82, 2.24) is 0 Å². The summed E-state index contributed by atoms with van der Waals surface area (Å²) in [5, 5.41) is 4.25. The summed E-state index contributed by atoms with van der Waals surface area (Å²) in [4.78, 5) is 0. The van der Waals surface area contributed by atoms with Gasteiger partial charge in [-0.1, -0.05) is 82.9 Å². The standard InChI is InChI=1S/C20H34.CH3N.BrH/c1-4-5-6-7-8-9-10-11-12-13-16-20-17-14-15-18(2)19(20)3;1-2;/h14-15,17H,4-13,16H2,1-3H3;2H,1H2;1H. The highest BCUT2D eigenvalue weighted by atomic mass is 79.9. The molecular formula is C21H38BrN. The second-order valence-corrected chi connectivity index (χ2v) is 6.29. The summed E-state index contributed by atoms with van der Waals surface area (Å²) < 4.78 is 0. The van der Waals surface area contributed by atoms with Crippen molar-refractivity contribution in [2.24, 2.45) is 0 Å². The third-order valence-corrected chi connectivity index (χ3v) is 4.52.